The van der Waals surface area contributed by atoms with E-state index in [4.69, 9.17) is 9.47 Å². The van der Waals surface area contributed by atoms with Crippen molar-refractivity contribution in [3.63, 3.8) is 0 Å². The van der Waals surface area contributed by atoms with Gasteiger partial charge in [0.15, 0.2) is 23.1 Å². The van der Waals surface area contributed by atoms with Gasteiger partial charge in [-0.3, -0.25) is 14.4 Å². The van der Waals surface area contributed by atoms with E-state index in [1.54, 1.807) is 13.8 Å². The zero-order valence-corrected chi connectivity index (χ0v) is 29.7. The summed E-state index contributed by atoms with van der Waals surface area (Å²) in [6.45, 7) is 9.30. The Morgan fingerprint density at radius 1 is 0.962 bits per heavy atom. The predicted molar refractivity (Wildman–Crippen MR) is 188 cm³/mol. The third-order valence-corrected chi connectivity index (χ3v) is 13.7. The van der Waals surface area contributed by atoms with Crippen LogP contribution in [-0.2, 0) is 30.3 Å². The first-order chi connectivity index (χ1) is 24.7. The van der Waals surface area contributed by atoms with Gasteiger partial charge in [0.05, 0.1) is 35.7 Å². The number of phenolic OH excluding ortho intramolecular Hbond substituents is 3. The van der Waals surface area contributed by atoms with Crippen LogP contribution < -0.4 is 5.32 Å². The first-order valence-corrected chi connectivity index (χ1v) is 18.3. The molecule has 11 nitrogen and oxygen atoms in total. The number of ether oxygens (including phenoxy) is 2. The van der Waals surface area contributed by atoms with E-state index in [1.165, 1.54) is 0 Å². The van der Waals surface area contributed by atoms with Gasteiger partial charge < -0.3 is 40.2 Å². The molecule has 2 bridgehead atoms. The van der Waals surface area contributed by atoms with Crippen LogP contribution in [0.3, 0.4) is 0 Å². The zero-order valence-electron chi connectivity index (χ0n) is 29.7. The average Bonchev–Trinajstić information content (AvgIpc) is 3.48. The molecule has 0 unspecified atom stereocenters. The number of hydrogen-bond acceptors (Lipinski definition) is 9. The maximum Gasteiger partial charge on any atom is 0.235 e. The molecular formula is C41H44N2O9. The summed E-state index contributed by atoms with van der Waals surface area (Å²) < 4.78 is 13.0. The number of fused-ring (bicyclic) bond motifs is 11. The number of carbonyl (C=O) groups is 3. The van der Waals surface area contributed by atoms with E-state index in [1.807, 2.05) is 69.5 Å². The number of benzene rings is 2. The molecular weight excluding hydrogens is 664 g/mol. The topological polar surface area (TPSA) is 182 Å². The zero-order chi connectivity index (χ0) is 36.8. The molecule has 1 aromatic heterocycles. The number of aliphatic hydroxyl groups is 1. The number of para-hydroxylation sites is 1. The Morgan fingerprint density at radius 2 is 1.69 bits per heavy atom. The first kappa shape index (κ1) is 33.4. The number of ketones is 2. The molecule has 1 amide bonds. The molecule has 13 atom stereocenters. The molecule has 5 heterocycles. The minimum atomic E-state index is -1.68. The Labute approximate surface area is 300 Å². The van der Waals surface area contributed by atoms with Crippen molar-refractivity contribution in [2.75, 3.05) is 0 Å². The lowest BCUT2D eigenvalue weighted by Crippen LogP contribution is -2.61. The number of aliphatic hydroxyl groups excluding tert-OH is 1. The molecule has 9 rings (SSSR count). The molecule has 6 aliphatic rings. The van der Waals surface area contributed by atoms with E-state index in [9.17, 15) is 25.2 Å². The molecule has 3 aromatic rings. The van der Waals surface area contributed by atoms with Gasteiger partial charge in [-0.25, -0.2) is 0 Å². The van der Waals surface area contributed by atoms with Gasteiger partial charge >= 0.3 is 0 Å². The normalized spacial score (nSPS) is 42.1. The summed E-state index contributed by atoms with van der Waals surface area (Å²) in [5.41, 5.74) is 0.746. The number of H-pyrrole nitrogens is 1. The molecule has 11 heteroatoms. The molecule has 52 heavy (non-hydrogen) atoms. The minimum Gasteiger partial charge on any atom is -0.504 e. The predicted octanol–water partition coefficient (Wildman–Crippen LogP) is 4.76. The number of aromatic amines is 1. The van der Waals surface area contributed by atoms with E-state index in [-0.39, 0.29) is 23.0 Å². The van der Waals surface area contributed by atoms with Gasteiger partial charge in [-0.05, 0) is 68.2 Å². The third-order valence-electron chi connectivity index (χ3n) is 13.7. The van der Waals surface area contributed by atoms with Crippen molar-refractivity contribution >= 4 is 28.4 Å². The van der Waals surface area contributed by atoms with Crippen LogP contribution in [0.4, 0.5) is 0 Å². The second-order valence-electron chi connectivity index (χ2n) is 16.3. The van der Waals surface area contributed by atoms with E-state index in [2.05, 4.69) is 10.3 Å². The second-order valence-corrected chi connectivity index (χ2v) is 16.3. The molecule has 0 radical (unpaired) electrons. The summed E-state index contributed by atoms with van der Waals surface area (Å²) in [4.78, 5) is 49.0. The van der Waals surface area contributed by atoms with Crippen LogP contribution in [0.5, 0.6) is 17.2 Å². The van der Waals surface area contributed by atoms with Gasteiger partial charge in [0.1, 0.15) is 11.5 Å². The third kappa shape index (κ3) is 4.10. The minimum absolute atomic E-state index is 0.0811. The van der Waals surface area contributed by atoms with Gasteiger partial charge in [0.2, 0.25) is 11.7 Å². The van der Waals surface area contributed by atoms with Crippen LogP contribution in [-0.4, -0.2) is 66.7 Å². The smallest absolute Gasteiger partial charge is 0.235 e. The van der Waals surface area contributed by atoms with Crippen molar-refractivity contribution in [1.29, 1.82) is 0 Å². The Bertz CT molecular complexity index is 2150. The molecule has 4 aliphatic heterocycles. The standard InChI is InChI=1S/C41H44N2O9/c1-16-9-8-11-22-38-40(5,52-38)19(4)29-24(14-20-15-42-23-12-7-6-10-21(20)23)43-39(50)41(22,29)37(49)28-27(32(46)30(44)17(2)13-16)36-26-25(35(28)51-36)18(3)31(45)34(48)33(26)47/h6-8,10-13,15-16,19,22,24,27-30,35-36,38,42,44-45,47-48H,9,14H2,1-5H3,(H,43,50)/b11-8-,17-13-/t16-,19+,22+,24+,27-,28+,29+,30+,35-,36+,38+,40-,41+/m1/s1. The summed E-state index contributed by atoms with van der Waals surface area (Å²) in [6.07, 6.45) is 4.37. The molecule has 1 saturated carbocycles. The Hall–Kier alpha value is -4.45. The fraction of sp³-hybridized carbons (Fsp3) is 0.488. The quantitative estimate of drug-likeness (QED) is 0.0947. The van der Waals surface area contributed by atoms with Gasteiger partial charge in [0, 0.05) is 46.1 Å². The van der Waals surface area contributed by atoms with Crippen molar-refractivity contribution in [3.8, 4) is 17.2 Å². The number of Topliss-reactive ketones (excluding diaryl/α,β-unsaturated/α-hetero) is 2. The first-order valence-electron chi connectivity index (χ1n) is 18.3. The number of rotatable bonds is 2. The molecule has 6 N–H and O–H groups in total. The largest absolute Gasteiger partial charge is 0.504 e. The summed E-state index contributed by atoms with van der Waals surface area (Å²) in [5, 5.41) is 48.5. The molecule has 3 saturated heterocycles. The Morgan fingerprint density at radius 3 is 2.46 bits per heavy atom. The fourth-order valence-corrected chi connectivity index (χ4v) is 11.1. The number of amides is 1. The summed E-state index contributed by atoms with van der Waals surface area (Å²) in [5.74, 6) is -7.59. The number of aromatic hydroxyl groups is 3. The van der Waals surface area contributed by atoms with Crippen molar-refractivity contribution in [3.05, 3.63) is 76.5 Å². The Balaban J connectivity index is 1.26. The van der Waals surface area contributed by atoms with Crippen molar-refractivity contribution in [2.45, 2.75) is 83.5 Å². The molecule has 2 aliphatic carbocycles. The van der Waals surface area contributed by atoms with Gasteiger partial charge in [-0.2, -0.15) is 0 Å². The molecule has 1 spiro atoms. The number of carbonyl (C=O) groups excluding carboxylic acids is 3. The number of hydrogen-bond donors (Lipinski definition) is 6. The number of aromatic nitrogens is 1. The van der Waals surface area contributed by atoms with E-state index < -0.39 is 99.9 Å². The number of epoxide rings is 1. The SMILES string of the molecule is C/C1=C/[C@H](C)C/C=C\[C@H]2[C@@H]3O[C@]3(C)[C@@H](C)[C@H]3[C@H](Cc4c[nH]c5ccccc45)NC(=O)[C@]32C(=O)[C@H]2[C@H](C(=O)[C@H]1O)[C@H]1O[C@@H]2c2c(C)c(O)c(O)c(O)c21. The average molecular weight is 709 g/mol. The number of phenols is 3. The van der Waals surface area contributed by atoms with Crippen LogP contribution in [0.15, 0.2) is 54.3 Å². The summed E-state index contributed by atoms with van der Waals surface area (Å²) in [6, 6.07) is 7.49. The van der Waals surface area contributed by atoms with Crippen LogP contribution in [0.2, 0.25) is 0 Å². The van der Waals surface area contributed by atoms with E-state index in [0.29, 0.717) is 24.0 Å². The monoisotopic (exact) mass is 708 g/mol. The highest BCUT2D eigenvalue weighted by molar-refractivity contribution is 6.12. The molecule has 4 fully saturated rings. The van der Waals surface area contributed by atoms with Crippen molar-refractivity contribution in [2.24, 2.45) is 40.9 Å². The van der Waals surface area contributed by atoms with Crippen molar-refractivity contribution in [1.82, 2.24) is 10.3 Å². The van der Waals surface area contributed by atoms with Crippen LogP contribution in [0.25, 0.3) is 10.9 Å². The van der Waals surface area contributed by atoms with Crippen LogP contribution >= 0.6 is 0 Å². The molecule has 272 valence electrons. The van der Waals surface area contributed by atoms with E-state index >= 15 is 9.59 Å². The lowest BCUT2D eigenvalue weighted by atomic mass is 9.49. The second kappa shape index (κ2) is 11.0. The number of allylic oxidation sites excluding steroid dienone is 2. The van der Waals surface area contributed by atoms with Crippen LogP contribution in [0, 0.1) is 47.8 Å². The van der Waals surface area contributed by atoms with Gasteiger partial charge in [-0.1, -0.05) is 50.3 Å². The maximum atomic E-state index is 16.0. The van der Waals surface area contributed by atoms with Crippen LogP contribution in [0.1, 0.15) is 68.6 Å². The highest BCUT2D eigenvalue weighted by atomic mass is 16.6. The summed E-state index contributed by atoms with van der Waals surface area (Å²) in [7, 11) is 0. The molecule has 2 aromatic carbocycles. The maximum absolute atomic E-state index is 16.0. The van der Waals surface area contributed by atoms with Crippen molar-refractivity contribution < 1.29 is 44.3 Å². The Kier molecular flexibility index (Phi) is 7.09. The highest BCUT2D eigenvalue weighted by Crippen LogP contribution is 2.70. The van der Waals surface area contributed by atoms with Gasteiger partial charge in [-0.15, -0.1) is 0 Å². The van der Waals surface area contributed by atoms with E-state index in [0.717, 1.165) is 16.5 Å². The highest BCUT2D eigenvalue weighted by Gasteiger charge is 2.80. The number of nitrogens with one attached hydrogen (secondary N) is 2. The fourth-order valence-electron chi connectivity index (χ4n) is 11.1. The lowest BCUT2D eigenvalue weighted by molar-refractivity contribution is -0.155. The van der Waals surface area contributed by atoms with Gasteiger partial charge in [0.25, 0.3) is 0 Å². The summed E-state index contributed by atoms with van der Waals surface area (Å²) >= 11 is 0. The lowest BCUT2D eigenvalue weighted by Gasteiger charge is -2.48.